The zero-order valence-electron chi connectivity index (χ0n) is 9.10. The van der Waals surface area contributed by atoms with Crippen LogP contribution in [0.15, 0.2) is 6.33 Å². The Morgan fingerprint density at radius 2 is 2.40 bits per heavy atom. The van der Waals surface area contributed by atoms with Crippen LogP contribution in [0.5, 0.6) is 0 Å². The van der Waals surface area contributed by atoms with Crippen molar-refractivity contribution in [2.24, 2.45) is 11.7 Å². The lowest BCUT2D eigenvalue weighted by molar-refractivity contribution is -0.117. The molecule has 0 bridgehead atoms. The predicted octanol–water partition coefficient (Wildman–Crippen LogP) is -0.491. The quantitative estimate of drug-likeness (QED) is 0.664. The summed E-state index contributed by atoms with van der Waals surface area (Å²) in [5.41, 5.74) is 5.01. The van der Waals surface area contributed by atoms with Crippen molar-refractivity contribution in [2.75, 3.05) is 6.54 Å². The third-order valence-corrected chi connectivity index (χ3v) is 1.82. The van der Waals surface area contributed by atoms with Gasteiger partial charge in [-0.15, -0.1) is 0 Å². The van der Waals surface area contributed by atoms with E-state index in [0.29, 0.717) is 12.5 Å². The number of rotatable bonds is 6. The SMILES string of the molecule is CC(C)Cn1ncnc1CNCC(N)=O. The second-order valence-corrected chi connectivity index (χ2v) is 3.82. The molecule has 6 nitrogen and oxygen atoms in total. The monoisotopic (exact) mass is 211 g/mol. The lowest BCUT2D eigenvalue weighted by atomic mass is 10.2. The van der Waals surface area contributed by atoms with Crippen molar-refractivity contribution >= 4 is 5.91 Å². The molecular weight excluding hydrogens is 194 g/mol. The number of nitrogens with zero attached hydrogens (tertiary/aromatic N) is 3. The number of nitrogens with one attached hydrogen (secondary N) is 1. The molecule has 0 aliphatic rings. The van der Waals surface area contributed by atoms with E-state index in [-0.39, 0.29) is 12.5 Å². The van der Waals surface area contributed by atoms with Gasteiger partial charge >= 0.3 is 0 Å². The van der Waals surface area contributed by atoms with Gasteiger partial charge in [-0.05, 0) is 5.92 Å². The number of nitrogens with two attached hydrogens (primary N) is 1. The Morgan fingerprint density at radius 3 is 3.00 bits per heavy atom. The molecule has 1 aromatic rings. The van der Waals surface area contributed by atoms with E-state index in [9.17, 15) is 4.79 Å². The summed E-state index contributed by atoms with van der Waals surface area (Å²) in [6.45, 7) is 5.72. The third-order valence-electron chi connectivity index (χ3n) is 1.82. The molecule has 0 aromatic carbocycles. The Hall–Kier alpha value is -1.43. The van der Waals surface area contributed by atoms with Gasteiger partial charge in [-0.1, -0.05) is 13.8 Å². The summed E-state index contributed by atoms with van der Waals surface area (Å²) in [6.07, 6.45) is 1.52. The van der Waals surface area contributed by atoms with Crippen LogP contribution in [0.2, 0.25) is 0 Å². The number of carbonyl (C=O) groups is 1. The zero-order valence-corrected chi connectivity index (χ0v) is 9.10. The zero-order chi connectivity index (χ0) is 11.3. The molecule has 0 atom stereocenters. The topological polar surface area (TPSA) is 85.8 Å². The predicted molar refractivity (Wildman–Crippen MR) is 55.8 cm³/mol. The van der Waals surface area contributed by atoms with Crippen molar-refractivity contribution in [1.29, 1.82) is 0 Å². The minimum absolute atomic E-state index is 0.161. The van der Waals surface area contributed by atoms with Crippen molar-refractivity contribution in [3.8, 4) is 0 Å². The molecule has 1 heterocycles. The number of aromatic nitrogens is 3. The first-order valence-electron chi connectivity index (χ1n) is 4.95. The number of hydrogen-bond acceptors (Lipinski definition) is 4. The van der Waals surface area contributed by atoms with Gasteiger partial charge in [0, 0.05) is 6.54 Å². The molecule has 3 N–H and O–H groups in total. The molecule has 1 aromatic heterocycles. The van der Waals surface area contributed by atoms with Gasteiger partial charge in [0.15, 0.2) is 0 Å². The molecule has 0 saturated heterocycles. The van der Waals surface area contributed by atoms with E-state index in [1.807, 2.05) is 4.68 Å². The molecule has 6 heteroatoms. The fraction of sp³-hybridized carbons (Fsp3) is 0.667. The molecule has 0 spiro atoms. The van der Waals surface area contributed by atoms with Crippen LogP contribution >= 0.6 is 0 Å². The Kier molecular flexibility index (Phi) is 4.23. The summed E-state index contributed by atoms with van der Waals surface area (Å²) < 4.78 is 1.83. The summed E-state index contributed by atoms with van der Waals surface area (Å²) in [4.78, 5) is 14.6. The average Bonchev–Trinajstić information content (AvgIpc) is 2.51. The first-order valence-corrected chi connectivity index (χ1v) is 4.95. The molecule has 15 heavy (non-hydrogen) atoms. The maximum atomic E-state index is 10.5. The molecule has 0 unspecified atom stereocenters. The Labute approximate surface area is 88.9 Å². The van der Waals surface area contributed by atoms with E-state index in [2.05, 4.69) is 29.2 Å². The van der Waals surface area contributed by atoms with Crippen molar-refractivity contribution in [2.45, 2.75) is 26.9 Å². The molecule has 0 aliphatic heterocycles. The summed E-state index contributed by atoms with van der Waals surface area (Å²) in [7, 11) is 0. The minimum atomic E-state index is -0.370. The molecule has 0 fully saturated rings. The number of primary amides is 1. The van der Waals surface area contributed by atoms with Crippen molar-refractivity contribution in [3.05, 3.63) is 12.2 Å². The summed E-state index contributed by atoms with van der Waals surface area (Å²) >= 11 is 0. The number of carbonyl (C=O) groups excluding carboxylic acids is 1. The molecule has 0 aliphatic carbocycles. The van der Waals surface area contributed by atoms with E-state index in [4.69, 9.17) is 5.73 Å². The van der Waals surface area contributed by atoms with E-state index in [1.54, 1.807) is 0 Å². The van der Waals surface area contributed by atoms with Crippen LogP contribution in [-0.4, -0.2) is 27.2 Å². The summed E-state index contributed by atoms with van der Waals surface area (Å²) in [5.74, 6) is 0.969. The van der Waals surface area contributed by atoms with Gasteiger partial charge in [0.05, 0.1) is 13.1 Å². The second kappa shape index (κ2) is 5.45. The minimum Gasteiger partial charge on any atom is -0.369 e. The number of amides is 1. The van der Waals surface area contributed by atoms with E-state index >= 15 is 0 Å². The van der Waals surface area contributed by atoms with Crippen LogP contribution in [0, 0.1) is 5.92 Å². The summed E-state index contributed by atoms with van der Waals surface area (Å²) in [6, 6.07) is 0. The van der Waals surface area contributed by atoms with Crippen LogP contribution in [-0.2, 0) is 17.9 Å². The highest BCUT2D eigenvalue weighted by molar-refractivity contribution is 5.75. The van der Waals surface area contributed by atoms with Gasteiger partial charge in [-0.3, -0.25) is 4.79 Å². The Morgan fingerprint density at radius 1 is 1.67 bits per heavy atom. The van der Waals surface area contributed by atoms with Crippen molar-refractivity contribution in [1.82, 2.24) is 20.1 Å². The van der Waals surface area contributed by atoms with E-state index in [1.165, 1.54) is 6.33 Å². The first-order chi connectivity index (χ1) is 7.09. The fourth-order valence-electron chi connectivity index (χ4n) is 1.22. The van der Waals surface area contributed by atoms with E-state index < -0.39 is 0 Å². The molecule has 1 rings (SSSR count). The Bertz CT molecular complexity index is 320. The standard InChI is InChI=1S/C9H17N5O/c1-7(2)5-14-9(12-6-13-14)4-11-3-8(10)15/h6-7,11H,3-5H2,1-2H3,(H2,10,15). The van der Waals surface area contributed by atoms with Crippen LogP contribution in [0.3, 0.4) is 0 Å². The molecule has 84 valence electrons. The van der Waals surface area contributed by atoms with Crippen LogP contribution in [0.25, 0.3) is 0 Å². The summed E-state index contributed by atoms with van der Waals surface area (Å²) in [5, 5.41) is 7.01. The third kappa shape index (κ3) is 4.07. The van der Waals surface area contributed by atoms with E-state index in [0.717, 1.165) is 12.4 Å². The molecule has 0 saturated carbocycles. The maximum absolute atomic E-state index is 10.5. The molecular formula is C9H17N5O. The highest BCUT2D eigenvalue weighted by Gasteiger charge is 2.05. The Balaban J connectivity index is 2.46. The first kappa shape index (κ1) is 11.6. The van der Waals surface area contributed by atoms with Gasteiger partial charge in [0.25, 0.3) is 0 Å². The van der Waals surface area contributed by atoms with Crippen LogP contribution < -0.4 is 11.1 Å². The number of hydrogen-bond donors (Lipinski definition) is 2. The van der Waals surface area contributed by atoms with Gasteiger partial charge in [0.1, 0.15) is 12.2 Å². The smallest absolute Gasteiger partial charge is 0.231 e. The second-order valence-electron chi connectivity index (χ2n) is 3.82. The lowest BCUT2D eigenvalue weighted by Crippen LogP contribution is -2.29. The van der Waals surface area contributed by atoms with Gasteiger partial charge in [0.2, 0.25) is 5.91 Å². The highest BCUT2D eigenvalue weighted by atomic mass is 16.1. The van der Waals surface area contributed by atoms with Gasteiger partial charge in [-0.2, -0.15) is 5.10 Å². The van der Waals surface area contributed by atoms with Crippen LogP contribution in [0.1, 0.15) is 19.7 Å². The highest BCUT2D eigenvalue weighted by Crippen LogP contribution is 2.00. The molecule has 0 radical (unpaired) electrons. The van der Waals surface area contributed by atoms with Crippen molar-refractivity contribution < 1.29 is 4.79 Å². The van der Waals surface area contributed by atoms with Gasteiger partial charge < -0.3 is 11.1 Å². The normalized spacial score (nSPS) is 10.9. The van der Waals surface area contributed by atoms with Crippen LogP contribution in [0.4, 0.5) is 0 Å². The van der Waals surface area contributed by atoms with Gasteiger partial charge in [-0.25, -0.2) is 9.67 Å². The molecule has 1 amide bonds. The van der Waals surface area contributed by atoms with Crippen molar-refractivity contribution in [3.63, 3.8) is 0 Å². The maximum Gasteiger partial charge on any atom is 0.231 e. The fourth-order valence-corrected chi connectivity index (χ4v) is 1.22. The largest absolute Gasteiger partial charge is 0.369 e. The average molecular weight is 211 g/mol. The lowest BCUT2D eigenvalue weighted by Gasteiger charge is -2.08.